The summed E-state index contributed by atoms with van der Waals surface area (Å²) in [5, 5.41) is 0. The van der Waals surface area contributed by atoms with E-state index in [0.29, 0.717) is 0 Å². The van der Waals surface area contributed by atoms with Crippen LogP contribution in [0.2, 0.25) is 0 Å². The zero-order valence-corrected chi connectivity index (χ0v) is 10.4. The number of hydrogen-bond donors (Lipinski definition) is 0. The molecule has 0 aliphatic carbocycles. The van der Waals surface area contributed by atoms with Crippen molar-refractivity contribution in [2.24, 2.45) is 0 Å². The van der Waals surface area contributed by atoms with E-state index in [0.717, 1.165) is 14.2 Å². The average Bonchev–Trinajstić information content (AvgIpc) is 1.86. The molecule has 0 heterocycles. The van der Waals surface area contributed by atoms with Gasteiger partial charge in [0.25, 0.3) is 0 Å². The standard InChI is InChI=1S/2CH5O4P.Fe.Li/c2*1-5-6(2,3)4;;/h2*1H3,(H2,2,3,4);;/q;;+3;+1/p-4. The molecular weight excluding hydrogens is 277 g/mol. The Hall–Kier alpha value is 1.34. The van der Waals surface area contributed by atoms with Gasteiger partial charge in [0.05, 0.1) is 15.6 Å². The van der Waals surface area contributed by atoms with Gasteiger partial charge in [0, 0.05) is 14.2 Å². The molecule has 0 aromatic rings. The third kappa shape index (κ3) is 37.7. The van der Waals surface area contributed by atoms with Crippen molar-refractivity contribution in [3.05, 3.63) is 0 Å². The zero-order valence-electron chi connectivity index (χ0n) is 7.51. The van der Waals surface area contributed by atoms with Gasteiger partial charge in [-0.25, -0.2) is 0 Å². The maximum absolute atomic E-state index is 9.25. The summed E-state index contributed by atoms with van der Waals surface area (Å²) in [4.78, 5) is 37.0. The molecule has 0 aliphatic heterocycles. The molecule has 0 saturated carbocycles. The predicted molar refractivity (Wildman–Crippen MR) is 29.2 cm³/mol. The van der Waals surface area contributed by atoms with Gasteiger partial charge in [0.15, 0.2) is 0 Å². The summed E-state index contributed by atoms with van der Waals surface area (Å²) in [5.74, 6) is 0. The molecule has 0 unspecified atom stereocenters. The van der Waals surface area contributed by atoms with Gasteiger partial charge >= 0.3 is 35.9 Å². The zero-order chi connectivity index (χ0) is 10.4. The van der Waals surface area contributed by atoms with Gasteiger partial charge in [0.1, 0.15) is 0 Å². The molecule has 0 rings (SSSR count). The number of hydrogen-bond acceptors (Lipinski definition) is 8. The molecule has 0 saturated heterocycles. The topological polar surface area (TPSA) is 145 Å². The van der Waals surface area contributed by atoms with Crippen LogP contribution in [0.25, 0.3) is 0 Å². The first-order valence-electron chi connectivity index (χ1n) is 2.28. The first-order chi connectivity index (χ1) is 5.12. The summed E-state index contributed by atoms with van der Waals surface area (Å²) in [7, 11) is -7.65. The number of rotatable bonds is 2. The molecule has 0 aliphatic rings. The van der Waals surface area contributed by atoms with Crippen LogP contribution in [0.3, 0.4) is 0 Å². The fourth-order valence-corrected chi connectivity index (χ4v) is 0. The molecule has 12 heteroatoms. The second-order valence-electron chi connectivity index (χ2n) is 1.26. The number of phosphoric ester groups is 2. The molecule has 8 nitrogen and oxygen atoms in total. The van der Waals surface area contributed by atoms with E-state index in [2.05, 4.69) is 9.05 Å². The summed E-state index contributed by atoms with van der Waals surface area (Å²) in [6.07, 6.45) is 0. The van der Waals surface area contributed by atoms with Gasteiger partial charge in [-0.3, -0.25) is 0 Å². The van der Waals surface area contributed by atoms with Crippen LogP contribution in [0, 0.1) is 0 Å². The fourth-order valence-electron chi connectivity index (χ4n) is 0. The Morgan fingerprint density at radius 1 is 0.857 bits per heavy atom. The van der Waals surface area contributed by atoms with Crippen molar-refractivity contribution >= 4 is 15.6 Å². The molecule has 0 spiro atoms. The minimum atomic E-state index is -4.65. The molecule has 0 N–H and O–H groups in total. The number of phosphoric acid groups is 2. The van der Waals surface area contributed by atoms with Gasteiger partial charge in [-0.1, -0.05) is 0 Å². The largest absolute Gasteiger partial charge is 3.00 e. The Bertz CT molecular complexity index is 176. The second kappa shape index (κ2) is 10.8. The van der Waals surface area contributed by atoms with Crippen LogP contribution in [0.15, 0.2) is 0 Å². The van der Waals surface area contributed by atoms with Crippen molar-refractivity contribution in [2.45, 2.75) is 0 Å². The smallest absolute Gasteiger partial charge is 0.790 e. The Balaban J connectivity index is -0.0000000625. The summed E-state index contributed by atoms with van der Waals surface area (Å²) < 4.78 is 25.3. The Labute approximate surface area is 104 Å². The quantitative estimate of drug-likeness (QED) is 0.359. The molecule has 81 valence electrons. The van der Waals surface area contributed by atoms with E-state index >= 15 is 0 Å². The SMILES string of the molecule is COP(=O)([O-])[O-].COP(=O)([O-])[O-].[Fe+3].[Li+]. The maximum atomic E-state index is 9.25. The Kier molecular flexibility index (Phi) is 19.0. The van der Waals surface area contributed by atoms with Crippen molar-refractivity contribution in [1.29, 1.82) is 0 Å². The van der Waals surface area contributed by atoms with Crippen LogP contribution < -0.4 is 38.4 Å². The van der Waals surface area contributed by atoms with E-state index in [1.54, 1.807) is 0 Å². The fraction of sp³-hybridized carbons (Fsp3) is 1.00. The van der Waals surface area contributed by atoms with E-state index < -0.39 is 15.6 Å². The summed E-state index contributed by atoms with van der Waals surface area (Å²) in [6, 6.07) is 0. The van der Waals surface area contributed by atoms with Crippen LogP contribution in [0.4, 0.5) is 0 Å². The minimum Gasteiger partial charge on any atom is -0.790 e. The van der Waals surface area contributed by atoms with Crippen LogP contribution >= 0.6 is 15.6 Å². The molecular formula is C2H6FeLiO8P2. The Morgan fingerprint density at radius 2 is 0.929 bits per heavy atom. The minimum absolute atomic E-state index is 0. The van der Waals surface area contributed by atoms with Crippen molar-refractivity contribution in [2.75, 3.05) is 14.2 Å². The maximum Gasteiger partial charge on any atom is 3.00 e. The van der Waals surface area contributed by atoms with Crippen molar-refractivity contribution in [3.8, 4) is 0 Å². The normalized spacial score (nSPS) is 10.1. The first-order valence-corrected chi connectivity index (χ1v) is 5.20. The van der Waals surface area contributed by atoms with Crippen molar-refractivity contribution in [3.63, 3.8) is 0 Å². The van der Waals surface area contributed by atoms with Gasteiger partial charge < -0.3 is 37.8 Å². The Morgan fingerprint density at radius 3 is 0.929 bits per heavy atom. The van der Waals surface area contributed by atoms with Gasteiger partial charge in [-0.05, 0) is 0 Å². The second-order valence-corrected chi connectivity index (χ2v) is 3.78. The van der Waals surface area contributed by atoms with Crippen LogP contribution in [-0.4, -0.2) is 14.2 Å². The molecule has 0 amide bonds. The molecule has 0 aromatic heterocycles. The van der Waals surface area contributed by atoms with E-state index in [1.165, 1.54) is 0 Å². The van der Waals surface area contributed by atoms with E-state index in [4.69, 9.17) is 0 Å². The monoisotopic (exact) mass is 283 g/mol. The van der Waals surface area contributed by atoms with Gasteiger partial charge in [0.2, 0.25) is 0 Å². The molecule has 0 fully saturated rings. The summed E-state index contributed by atoms with van der Waals surface area (Å²) in [6.45, 7) is 0. The molecule has 0 atom stereocenters. The van der Waals surface area contributed by atoms with Crippen molar-refractivity contribution in [1.82, 2.24) is 0 Å². The van der Waals surface area contributed by atoms with Crippen molar-refractivity contribution < 1.29 is 73.7 Å². The molecule has 0 aromatic carbocycles. The first kappa shape index (κ1) is 24.5. The van der Waals surface area contributed by atoms with E-state index in [1.807, 2.05) is 0 Å². The van der Waals surface area contributed by atoms with Crippen LogP contribution in [-0.2, 0) is 35.2 Å². The third-order valence-corrected chi connectivity index (χ3v) is 1.34. The summed E-state index contributed by atoms with van der Waals surface area (Å²) >= 11 is 0. The molecule has 0 bridgehead atoms. The molecule has 1 radical (unpaired) electrons. The summed E-state index contributed by atoms with van der Waals surface area (Å²) in [5.41, 5.74) is 0. The van der Waals surface area contributed by atoms with Gasteiger partial charge in [-0.15, -0.1) is 0 Å². The third-order valence-electron chi connectivity index (χ3n) is 0.447. The average molecular weight is 283 g/mol. The molecule has 14 heavy (non-hydrogen) atoms. The van der Waals surface area contributed by atoms with Crippen LogP contribution in [0.1, 0.15) is 0 Å². The van der Waals surface area contributed by atoms with Gasteiger partial charge in [-0.2, -0.15) is 0 Å². The predicted octanol–water partition coefficient (Wildman–Crippen LogP) is -6.08. The van der Waals surface area contributed by atoms with E-state index in [-0.39, 0.29) is 35.9 Å². The van der Waals surface area contributed by atoms with E-state index in [9.17, 15) is 28.7 Å². The van der Waals surface area contributed by atoms with Crippen LogP contribution in [0.5, 0.6) is 0 Å².